The zero-order valence-corrected chi connectivity index (χ0v) is 17.1. The van der Waals surface area contributed by atoms with Crippen molar-refractivity contribution in [3.05, 3.63) is 47.0 Å². The fourth-order valence-electron chi connectivity index (χ4n) is 3.09. The summed E-state index contributed by atoms with van der Waals surface area (Å²) < 4.78 is 16.6. The van der Waals surface area contributed by atoms with E-state index in [1.807, 2.05) is 0 Å². The van der Waals surface area contributed by atoms with Gasteiger partial charge < -0.3 is 24.4 Å². The highest BCUT2D eigenvalue weighted by Gasteiger charge is 2.32. The van der Waals surface area contributed by atoms with E-state index in [1.165, 1.54) is 19.2 Å². The van der Waals surface area contributed by atoms with Crippen molar-refractivity contribution in [3.63, 3.8) is 0 Å². The van der Waals surface area contributed by atoms with Crippen LogP contribution in [0.3, 0.4) is 0 Å². The number of hydrogen-bond acceptors (Lipinski definition) is 6. The van der Waals surface area contributed by atoms with Gasteiger partial charge in [0.25, 0.3) is 0 Å². The number of carboxylic acids is 1. The maximum absolute atomic E-state index is 12.2. The number of hydrogen-bond donors (Lipinski definition) is 2. The molecule has 0 unspecified atom stereocenters. The number of Topliss-reactive ketones (excluding diaryl/α,β-unsaturated/α-hetero) is 1. The molecule has 0 amide bonds. The van der Waals surface area contributed by atoms with Gasteiger partial charge in [-0.25, -0.2) is 4.79 Å². The second kappa shape index (κ2) is 9.52. The molecule has 1 fully saturated rings. The minimum atomic E-state index is -1.03. The van der Waals surface area contributed by atoms with Gasteiger partial charge in [-0.1, -0.05) is 0 Å². The molecular weight excluding hydrogens is 388 g/mol. The van der Waals surface area contributed by atoms with Crippen molar-refractivity contribution in [2.45, 2.75) is 32.6 Å². The third kappa shape index (κ3) is 5.03. The van der Waals surface area contributed by atoms with E-state index in [0.29, 0.717) is 54.4 Å². The number of rotatable bonds is 11. The van der Waals surface area contributed by atoms with Gasteiger partial charge in [0.05, 0.1) is 31.5 Å². The Balaban J connectivity index is 1.47. The molecule has 2 aromatic carbocycles. The van der Waals surface area contributed by atoms with Gasteiger partial charge >= 0.3 is 5.97 Å². The van der Waals surface area contributed by atoms with E-state index in [1.54, 1.807) is 25.1 Å². The number of benzene rings is 2. The molecule has 7 nitrogen and oxygen atoms in total. The van der Waals surface area contributed by atoms with Crippen LogP contribution in [0.15, 0.2) is 30.3 Å². The van der Waals surface area contributed by atoms with Gasteiger partial charge in [0, 0.05) is 11.5 Å². The highest BCUT2D eigenvalue weighted by atomic mass is 16.5. The van der Waals surface area contributed by atoms with Crippen LogP contribution in [0.25, 0.3) is 0 Å². The van der Waals surface area contributed by atoms with Crippen molar-refractivity contribution < 1.29 is 34.0 Å². The van der Waals surface area contributed by atoms with E-state index in [-0.39, 0.29) is 23.0 Å². The molecule has 1 saturated carbocycles. The fourth-order valence-corrected chi connectivity index (χ4v) is 3.09. The highest BCUT2D eigenvalue weighted by Crippen LogP contribution is 2.38. The molecule has 7 heteroatoms. The molecule has 0 spiro atoms. The molecule has 2 N–H and O–H groups in total. The maximum Gasteiger partial charge on any atom is 0.335 e. The summed E-state index contributed by atoms with van der Waals surface area (Å²) >= 11 is 0. The van der Waals surface area contributed by atoms with Gasteiger partial charge in [-0.2, -0.15) is 0 Å². The Hall–Kier alpha value is -3.22. The summed E-state index contributed by atoms with van der Waals surface area (Å²) in [5, 5.41) is 19.4. The minimum Gasteiger partial charge on any atom is -0.507 e. The number of ketones is 1. The van der Waals surface area contributed by atoms with Crippen LogP contribution in [0.1, 0.15) is 52.0 Å². The topological polar surface area (TPSA) is 102 Å². The maximum atomic E-state index is 12.2. The summed E-state index contributed by atoms with van der Waals surface area (Å²) in [6.45, 7) is 2.53. The molecule has 0 aromatic heterocycles. The second-order valence-electron chi connectivity index (χ2n) is 7.30. The van der Waals surface area contributed by atoms with E-state index in [9.17, 15) is 14.7 Å². The number of unbranched alkanes of at least 4 members (excludes halogenated alkanes) is 1. The Morgan fingerprint density at radius 1 is 1.00 bits per heavy atom. The van der Waals surface area contributed by atoms with Crippen molar-refractivity contribution in [2.75, 3.05) is 20.3 Å². The number of carbonyl (C=O) groups excluding carboxylic acids is 1. The number of phenolic OH excluding ortho intramolecular Hbond substituents is 1. The lowest BCUT2D eigenvalue weighted by molar-refractivity contribution is 0.0696. The van der Waals surface area contributed by atoms with E-state index in [0.717, 1.165) is 12.8 Å². The van der Waals surface area contributed by atoms with Crippen LogP contribution in [-0.2, 0) is 0 Å². The van der Waals surface area contributed by atoms with E-state index < -0.39 is 5.97 Å². The first-order valence-corrected chi connectivity index (χ1v) is 9.96. The largest absolute Gasteiger partial charge is 0.507 e. The van der Waals surface area contributed by atoms with Crippen LogP contribution in [0.2, 0.25) is 0 Å². The van der Waals surface area contributed by atoms with Gasteiger partial charge in [0.15, 0.2) is 17.3 Å². The average Bonchev–Trinajstić information content (AvgIpc) is 3.58. The summed E-state index contributed by atoms with van der Waals surface area (Å²) in [7, 11) is 1.50. The third-order valence-electron chi connectivity index (χ3n) is 5.06. The van der Waals surface area contributed by atoms with E-state index in [4.69, 9.17) is 19.3 Å². The van der Waals surface area contributed by atoms with Crippen LogP contribution in [0, 0.1) is 12.8 Å². The summed E-state index contributed by atoms with van der Waals surface area (Å²) in [6, 6.07) is 7.82. The summed E-state index contributed by atoms with van der Waals surface area (Å²) in [5.41, 5.74) is 1.06. The number of ether oxygens (including phenoxy) is 3. The van der Waals surface area contributed by atoms with Crippen molar-refractivity contribution in [3.8, 4) is 23.0 Å². The smallest absolute Gasteiger partial charge is 0.335 e. The van der Waals surface area contributed by atoms with Crippen molar-refractivity contribution in [1.82, 2.24) is 0 Å². The number of phenols is 1. The lowest BCUT2D eigenvalue weighted by Crippen LogP contribution is -2.06. The fraction of sp³-hybridized carbons (Fsp3) is 0.391. The molecule has 0 saturated heterocycles. The molecule has 1 aliphatic carbocycles. The zero-order valence-electron chi connectivity index (χ0n) is 17.1. The molecule has 0 bridgehead atoms. The molecule has 160 valence electrons. The molecular formula is C23H26O7. The van der Waals surface area contributed by atoms with Gasteiger partial charge in [-0.15, -0.1) is 0 Å². The lowest BCUT2D eigenvalue weighted by Gasteiger charge is -2.13. The monoisotopic (exact) mass is 414 g/mol. The molecule has 0 aliphatic heterocycles. The Kier molecular flexibility index (Phi) is 6.82. The van der Waals surface area contributed by atoms with Crippen LogP contribution in [-0.4, -0.2) is 42.3 Å². The number of aromatic carboxylic acids is 1. The standard InChI is InChI=1S/C23H26O7/c1-14-18(10-8-17(21(14)24)22(25)15-5-6-15)29-11-3-4-12-30-20-13-16(23(26)27)7-9-19(20)28-2/h7-10,13,15,24H,3-6,11-12H2,1-2H3,(H,26,27). The first-order chi connectivity index (χ1) is 14.4. The zero-order chi connectivity index (χ0) is 21.7. The summed E-state index contributed by atoms with van der Waals surface area (Å²) in [5.74, 6) is 0.436. The predicted molar refractivity (Wildman–Crippen MR) is 110 cm³/mol. The highest BCUT2D eigenvalue weighted by molar-refractivity contribution is 6.02. The number of methoxy groups -OCH3 is 1. The van der Waals surface area contributed by atoms with Crippen LogP contribution < -0.4 is 14.2 Å². The van der Waals surface area contributed by atoms with Gasteiger partial charge in [-0.3, -0.25) is 4.79 Å². The Bertz CT molecular complexity index is 931. The molecule has 0 heterocycles. The van der Waals surface area contributed by atoms with Crippen molar-refractivity contribution in [1.29, 1.82) is 0 Å². The molecule has 0 atom stereocenters. The van der Waals surface area contributed by atoms with Crippen LogP contribution >= 0.6 is 0 Å². The van der Waals surface area contributed by atoms with Crippen molar-refractivity contribution in [2.24, 2.45) is 5.92 Å². The normalized spacial score (nSPS) is 13.0. The quantitative estimate of drug-likeness (QED) is 0.419. The van der Waals surface area contributed by atoms with Gasteiger partial charge in [-0.05, 0) is 62.9 Å². The minimum absolute atomic E-state index is 0.00157. The number of aromatic hydroxyl groups is 1. The second-order valence-corrected chi connectivity index (χ2v) is 7.30. The number of carboxylic acid groups (broad SMARTS) is 1. The predicted octanol–water partition coefficient (Wildman–Crippen LogP) is 4.24. The SMILES string of the molecule is COc1ccc(C(=O)O)cc1OCCCCOc1ccc(C(=O)C2CC2)c(O)c1C. The van der Waals surface area contributed by atoms with Gasteiger partial charge in [0.2, 0.25) is 0 Å². The van der Waals surface area contributed by atoms with Crippen LogP contribution in [0.4, 0.5) is 0 Å². The van der Waals surface area contributed by atoms with Crippen molar-refractivity contribution >= 4 is 11.8 Å². The van der Waals surface area contributed by atoms with Crippen LogP contribution in [0.5, 0.6) is 23.0 Å². The summed E-state index contributed by atoms with van der Waals surface area (Å²) in [4.78, 5) is 23.3. The Labute approximate surface area is 175 Å². The van der Waals surface area contributed by atoms with E-state index >= 15 is 0 Å². The molecule has 30 heavy (non-hydrogen) atoms. The molecule has 1 aliphatic rings. The Morgan fingerprint density at radius 2 is 1.63 bits per heavy atom. The third-order valence-corrected chi connectivity index (χ3v) is 5.06. The first-order valence-electron chi connectivity index (χ1n) is 9.96. The average molecular weight is 414 g/mol. The summed E-state index contributed by atoms with van der Waals surface area (Å²) in [6.07, 6.45) is 3.17. The number of carbonyl (C=O) groups is 2. The first kappa shape index (κ1) is 21.5. The van der Waals surface area contributed by atoms with Gasteiger partial charge in [0.1, 0.15) is 11.5 Å². The molecule has 2 aromatic rings. The molecule has 3 rings (SSSR count). The Morgan fingerprint density at radius 3 is 2.23 bits per heavy atom. The lowest BCUT2D eigenvalue weighted by atomic mass is 10.0. The van der Waals surface area contributed by atoms with E-state index in [2.05, 4.69) is 0 Å². The molecule has 0 radical (unpaired) electrons.